The van der Waals surface area contributed by atoms with Crippen LogP contribution in [0.3, 0.4) is 0 Å². The van der Waals surface area contributed by atoms with Gasteiger partial charge < -0.3 is 15.3 Å². The van der Waals surface area contributed by atoms with Crippen molar-refractivity contribution in [3.05, 3.63) is 5.38 Å². The molecule has 0 fully saturated rings. The minimum absolute atomic E-state index is 0.169. The number of hydrogen-bond donors (Lipinski definition) is 1. The summed E-state index contributed by atoms with van der Waals surface area (Å²) in [6, 6.07) is 0. The lowest BCUT2D eigenvalue weighted by atomic mass is 10.2. The summed E-state index contributed by atoms with van der Waals surface area (Å²) in [5.41, 5.74) is 5.37. The number of nitrogen functional groups attached to an aromatic ring is 1. The van der Waals surface area contributed by atoms with E-state index in [0.29, 0.717) is 17.7 Å². The van der Waals surface area contributed by atoms with E-state index >= 15 is 0 Å². The van der Waals surface area contributed by atoms with Crippen LogP contribution in [0.25, 0.3) is 0 Å². The number of carbonyl (C=O) groups is 1. The third kappa shape index (κ3) is 4.74. The van der Waals surface area contributed by atoms with Crippen LogP contribution in [-0.4, -0.2) is 23.8 Å². The molecule has 16 heavy (non-hydrogen) atoms. The molecule has 0 aromatic carbocycles. The lowest BCUT2D eigenvalue weighted by molar-refractivity contribution is -0.126. The maximum absolute atomic E-state index is 11.1. The molecule has 6 nitrogen and oxygen atoms in total. The lowest BCUT2D eigenvalue weighted by Gasteiger charge is -2.00. The van der Waals surface area contributed by atoms with Crippen molar-refractivity contribution in [2.45, 2.75) is 13.8 Å². The molecule has 1 aromatic heterocycles. The molecule has 0 radical (unpaired) electrons. The molecule has 0 aliphatic carbocycles. The molecule has 1 aromatic rings. The molecule has 0 spiro atoms. The molecular formula is C9H13N3O3S. The topological polar surface area (TPSA) is 86.8 Å². The Hall–Kier alpha value is -1.63. The number of esters is 1. The third-order valence-corrected chi connectivity index (χ3v) is 2.00. The smallest absolute Gasteiger partial charge is 0.359 e. The number of ether oxygens (including phenoxy) is 1. The number of aromatic nitrogens is 1. The molecule has 1 heterocycles. The van der Waals surface area contributed by atoms with Gasteiger partial charge in [0, 0.05) is 0 Å². The number of oxime groups is 1. The summed E-state index contributed by atoms with van der Waals surface area (Å²) in [4.78, 5) is 19.7. The fraction of sp³-hybridized carbons (Fsp3) is 0.444. The fourth-order valence-electron chi connectivity index (χ4n) is 0.721. The van der Waals surface area contributed by atoms with Gasteiger partial charge in [-0.15, -0.1) is 11.3 Å². The molecule has 0 aliphatic heterocycles. The van der Waals surface area contributed by atoms with Gasteiger partial charge in [-0.05, 0) is 5.92 Å². The SMILES string of the molecule is CC(C)CON=CC(=O)Oc1csc(N)n1. The highest BCUT2D eigenvalue weighted by molar-refractivity contribution is 7.13. The van der Waals surface area contributed by atoms with Gasteiger partial charge in [0.25, 0.3) is 0 Å². The van der Waals surface area contributed by atoms with Gasteiger partial charge in [0.05, 0.1) is 5.38 Å². The van der Waals surface area contributed by atoms with Crippen LogP contribution in [0.4, 0.5) is 5.13 Å². The Morgan fingerprint density at radius 2 is 2.50 bits per heavy atom. The summed E-state index contributed by atoms with van der Waals surface area (Å²) < 4.78 is 4.79. The minimum atomic E-state index is -0.644. The summed E-state index contributed by atoms with van der Waals surface area (Å²) in [5.74, 6) is -0.122. The summed E-state index contributed by atoms with van der Waals surface area (Å²) in [7, 11) is 0. The first-order valence-corrected chi connectivity index (χ1v) is 5.54. The largest absolute Gasteiger partial charge is 0.402 e. The molecule has 0 atom stereocenters. The van der Waals surface area contributed by atoms with Gasteiger partial charge >= 0.3 is 5.97 Å². The Labute approximate surface area is 97.1 Å². The van der Waals surface area contributed by atoms with E-state index in [0.717, 1.165) is 6.21 Å². The Kier molecular flexibility index (Phi) is 4.71. The zero-order chi connectivity index (χ0) is 12.0. The molecule has 0 amide bonds. The summed E-state index contributed by atoms with van der Waals surface area (Å²) >= 11 is 1.19. The zero-order valence-corrected chi connectivity index (χ0v) is 9.86. The molecule has 1 rings (SSSR count). The fourth-order valence-corrected chi connectivity index (χ4v) is 1.19. The number of nitrogens with two attached hydrogens (primary N) is 1. The molecule has 0 unspecified atom stereocenters. The molecule has 88 valence electrons. The van der Waals surface area contributed by atoms with Gasteiger partial charge in [0.15, 0.2) is 11.3 Å². The van der Waals surface area contributed by atoms with Gasteiger partial charge in [0.1, 0.15) is 6.61 Å². The number of carbonyl (C=O) groups excluding carboxylic acids is 1. The van der Waals surface area contributed by atoms with Crippen molar-refractivity contribution in [3.63, 3.8) is 0 Å². The molecule has 2 N–H and O–H groups in total. The highest BCUT2D eigenvalue weighted by Crippen LogP contribution is 2.17. The Morgan fingerprint density at radius 3 is 3.06 bits per heavy atom. The van der Waals surface area contributed by atoms with E-state index in [4.69, 9.17) is 15.3 Å². The standard InChI is InChI=1S/C9H13N3O3S/c1-6(2)4-14-11-3-8(13)15-7-5-16-9(10)12-7/h3,5-6H,4H2,1-2H3,(H2,10,12). The lowest BCUT2D eigenvalue weighted by Crippen LogP contribution is -2.10. The predicted molar refractivity (Wildman–Crippen MR) is 61.4 cm³/mol. The number of anilines is 1. The summed E-state index contributed by atoms with van der Waals surface area (Å²) in [6.07, 6.45) is 0.956. The normalized spacial score (nSPS) is 10.9. The van der Waals surface area contributed by atoms with E-state index in [9.17, 15) is 4.79 Å². The first-order chi connectivity index (χ1) is 7.58. The molecule has 0 saturated carbocycles. The Morgan fingerprint density at radius 1 is 1.75 bits per heavy atom. The average Bonchev–Trinajstić information content (AvgIpc) is 2.58. The van der Waals surface area contributed by atoms with Crippen molar-refractivity contribution in [2.75, 3.05) is 12.3 Å². The molecular weight excluding hydrogens is 230 g/mol. The maximum atomic E-state index is 11.1. The van der Waals surface area contributed by atoms with Crippen LogP contribution in [-0.2, 0) is 9.63 Å². The van der Waals surface area contributed by atoms with Crippen LogP contribution in [0.5, 0.6) is 5.88 Å². The van der Waals surface area contributed by atoms with Gasteiger partial charge in [-0.2, -0.15) is 4.98 Å². The summed E-state index contributed by atoms with van der Waals surface area (Å²) in [6.45, 7) is 4.41. The van der Waals surface area contributed by atoms with Crippen molar-refractivity contribution in [1.29, 1.82) is 0 Å². The van der Waals surface area contributed by atoms with Gasteiger partial charge in [-0.1, -0.05) is 19.0 Å². The van der Waals surface area contributed by atoms with E-state index in [-0.39, 0.29) is 5.88 Å². The monoisotopic (exact) mass is 243 g/mol. The van der Waals surface area contributed by atoms with Crippen LogP contribution in [0, 0.1) is 5.92 Å². The van der Waals surface area contributed by atoms with E-state index in [1.165, 1.54) is 16.7 Å². The van der Waals surface area contributed by atoms with Crippen LogP contribution >= 0.6 is 11.3 Å². The second-order valence-electron chi connectivity index (χ2n) is 3.37. The second kappa shape index (κ2) is 6.06. The van der Waals surface area contributed by atoms with Crippen LogP contribution < -0.4 is 10.5 Å². The zero-order valence-electron chi connectivity index (χ0n) is 9.04. The molecule has 0 saturated heterocycles. The van der Waals surface area contributed by atoms with E-state index in [1.54, 1.807) is 0 Å². The maximum Gasteiger partial charge on any atom is 0.359 e. The van der Waals surface area contributed by atoms with Gasteiger partial charge in [-0.3, -0.25) is 0 Å². The second-order valence-corrected chi connectivity index (χ2v) is 4.26. The number of nitrogens with zero attached hydrogens (tertiary/aromatic N) is 2. The quantitative estimate of drug-likeness (QED) is 0.478. The van der Waals surface area contributed by atoms with Gasteiger partial charge in [-0.25, -0.2) is 4.79 Å². The Bertz CT molecular complexity index is 376. The van der Waals surface area contributed by atoms with E-state index in [2.05, 4.69) is 10.1 Å². The van der Waals surface area contributed by atoms with Gasteiger partial charge in [0.2, 0.25) is 5.88 Å². The van der Waals surface area contributed by atoms with Crippen molar-refractivity contribution in [2.24, 2.45) is 11.1 Å². The first kappa shape index (κ1) is 12.4. The number of rotatable bonds is 5. The highest BCUT2D eigenvalue weighted by atomic mass is 32.1. The molecule has 0 aliphatic rings. The molecule has 0 bridgehead atoms. The van der Waals surface area contributed by atoms with Crippen molar-refractivity contribution in [1.82, 2.24) is 4.98 Å². The Balaban J connectivity index is 2.30. The van der Waals surface area contributed by atoms with Crippen molar-refractivity contribution < 1.29 is 14.4 Å². The van der Waals surface area contributed by atoms with Crippen molar-refractivity contribution in [3.8, 4) is 5.88 Å². The number of hydrogen-bond acceptors (Lipinski definition) is 7. The van der Waals surface area contributed by atoms with Crippen LogP contribution in [0.15, 0.2) is 10.5 Å². The summed E-state index contributed by atoms with van der Waals surface area (Å²) in [5, 5.41) is 5.34. The average molecular weight is 243 g/mol. The molecule has 7 heteroatoms. The number of thiazole rings is 1. The van der Waals surface area contributed by atoms with Crippen LogP contribution in [0.1, 0.15) is 13.8 Å². The third-order valence-electron chi connectivity index (χ3n) is 1.35. The first-order valence-electron chi connectivity index (χ1n) is 4.66. The van der Waals surface area contributed by atoms with Crippen LogP contribution in [0.2, 0.25) is 0 Å². The minimum Gasteiger partial charge on any atom is -0.402 e. The highest BCUT2D eigenvalue weighted by Gasteiger charge is 2.05. The van der Waals surface area contributed by atoms with E-state index < -0.39 is 5.97 Å². The predicted octanol–water partition coefficient (Wildman–Crippen LogP) is 1.29. The van der Waals surface area contributed by atoms with E-state index in [1.807, 2.05) is 13.8 Å². The van der Waals surface area contributed by atoms with Crippen molar-refractivity contribution >= 4 is 28.7 Å².